The van der Waals surface area contributed by atoms with Crippen LogP contribution < -0.4 is 14.0 Å². The number of hydrogen-bond donors (Lipinski definition) is 0. The molecule has 184 valence electrons. The summed E-state index contributed by atoms with van der Waals surface area (Å²) in [5.41, 5.74) is 0. The maximum Gasteiger partial charge on any atom is 0.0786 e. The summed E-state index contributed by atoms with van der Waals surface area (Å²) in [6, 6.07) is 0. The van der Waals surface area contributed by atoms with Gasteiger partial charge in [-0.1, -0.05) is 105 Å². The lowest BCUT2D eigenvalue weighted by atomic mass is 10.0. The van der Waals surface area contributed by atoms with E-state index in [9.17, 15) is 0 Å². The van der Waals surface area contributed by atoms with Crippen molar-refractivity contribution in [3.8, 4) is 0 Å². The molecule has 0 atom stereocenters. The van der Waals surface area contributed by atoms with E-state index in [4.69, 9.17) is 14.0 Å². The lowest BCUT2D eigenvalue weighted by Crippen LogP contribution is -2.50. The van der Waals surface area contributed by atoms with Gasteiger partial charge in [0.15, 0.2) is 0 Å². The van der Waals surface area contributed by atoms with Crippen LogP contribution in [0.5, 0.6) is 0 Å². The van der Waals surface area contributed by atoms with Gasteiger partial charge < -0.3 is 18.5 Å². The van der Waals surface area contributed by atoms with Crippen molar-refractivity contribution in [1.82, 2.24) is 0 Å². The van der Waals surface area contributed by atoms with Gasteiger partial charge in [0.05, 0.1) is 37.0 Å². The second-order valence-corrected chi connectivity index (χ2v) is 9.40. The summed E-state index contributed by atoms with van der Waals surface area (Å²) in [6.45, 7) is 15.0. The van der Waals surface area contributed by atoms with Crippen molar-refractivity contribution < 1.29 is 29.2 Å². The summed E-state index contributed by atoms with van der Waals surface area (Å²) in [5.74, 6) is 0. The minimum atomic E-state index is -2.85. The van der Waals surface area contributed by atoms with Gasteiger partial charge >= 0.3 is 0 Å². The zero-order valence-corrected chi connectivity index (χ0v) is 21.7. The standard InChI is InChI=1S/C25H54N.ClO3/c1-5-9-10-11-12-13-14-15-16-17-18-19-20-21-25-26(22-6-2,23-7-3)24-8-4;2-1(3)4/h5-25H2,1-4H3;/q+1;-1. The Morgan fingerprint density at radius 1 is 0.400 bits per heavy atom. The van der Waals surface area contributed by atoms with Crippen molar-refractivity contribution in [2.45, 2.75) is 137 Å². The first-order valence-electron chi connectivity index (χ1n) is 13.1. The molecule has 0 fully saturated rings. The Labute approximate surface area is 192 Å². The number of unbranched alkanes of at least 4 members (excludes halogenated alkanes) is 13. The molecule has 0 saturated heterocycles. The Bertz CT molecular complexity index is 297. The summed E-state index contributed by atoms with van der Waals surface area (Å²) in [5, 5.41) is 0. The third-order valence-electron chi connectivity index (χ3n) is 6.08. The van der Waals surface area contributed by atoms with Gasteiger partial charge in [-0.15, -0.1) is 0 Å². The first-order valence-corrected chi connectivity index (χ1v) is 14.0. The molecule has 0 radical (unpaired) electrons. The number of halogens is 1. The molecule has 0 unspecified atom stereocenters. The summed E-state index contributed by atoms with van der Waals surface area (Å²) < 4.78 is 26.6. The van der Waals surface area contributed by atoms with Gasteiger partial charge in [-0.3, -0.25) is 0 Å². The van der Waals surface area contributed by atoms with Gasteiger partial charge in [0.25, 0.3) is 0 Å². The molecule has 5 heteroatoms. The van der Waals surface area contributed by atoms with Crippen LogP contribution >= 0.6 is 0 Å². The molecule has 0 aliphatic rings. The number of quaternary nitrogens is 1. The number of rotatable bonds is 21. The zero-order chi connectivity index (χ0) is 22.9. The van der Waals surface area contributed by atoms with Gasteiger partial charge in [0, 0.05) is 0 Å². The highest BCUT2D eigenvalue weighted by molar-refractivity contribution is 4.51. The van der Waals surface area contributed by atoms with E-state index in [1.807, 2.05) is 0 Å². The molecule has 0 aromatic carbocycles. The summed E-state index contributed by atoms with van der Waals surface area (Å²) >= 11 is 0. The third-order valence-corrected chi connectivity index (χ3v) is 6.08. The Kier molecular flexibility index (Phi) is 27.3. The van der Waals surface area contributed by atoms with Gasteiger partial charge in [-0.2, -0.15) is 0 Å². The molecule has 0 rings (SSSR count). The van der Waals surface area contributed by atoms with Crippen molar-refractivity contribution in [3.63, 3.8) is 0 Å². The SMILES string of the molecule is CCCCCCCCCCCCCCCC[N+](CCC)(CCC)CCC.[O-][Cl+2]([O-])[O-]. The van der Waals surface area contributed by atoms with Crippen LogP contribution in [0, 0.1) is 10.8 Å². The Balaban J connectivity index is 0. The highest BCUT2D eigenvalue weighted by atomic mass is 35.6. The molecular weight excluding hydrogens is 398 g/mol. The highest BCUT2D eigenvalue weighted by Crippen LogP contribution is 2.16. The van der Waals surface area contributed by atoms with Crippen LogP contribution in [0.1, 0.15) is 137 Å². The monoisotopic (exact) mass is 451 g/mol. The molecular formula is C25H54ClNO3. The first-order chi connectivity index (χ1) is 14.5. The molecule has 0 aromatic heterocycles. The van der Waals surface area contributed by atoms with Crippen LogP contribution in [0.15, 0.2) is 0 Å². The van der Waals surface area contributed by atoms with Crippen LogP contribution in [0.25, 0.3) is 0 Å². The minimum Gasteiger partial charge on any atom is -0.357 e. The van der Waals surface area contributed by atoms with Gasteiger partial charge in [-0.25, -0.2) is 0 Å². The maximum atomic E-state index is 8.41. The van der Waals surface area contributed by atoms with Crippen molar-refractivity contribution >= 4 is 0 Å². The van der Waals surface area contributed by atoms with Crippen molar-refractivity contribution in [1.29, 1.82) is 0 Å². The van der Waals surface area contributed by atoms with E-state index < -0.39 is 10.8 Å². The molecule has 0 aliphatic carbocycles. The summed E-state index contributed by atoms with van der Waals surface area (Å²) in [7, 11) is -2.85. The molecule has 0 bridgehead atoms. The molecule has 4 nitrogen and oxygen atoms in total. The molecule has 0 saturated carbocycles. The molecule has 0 N–H and O–H groups in total. The number of hydrogen-bond acceptors (Lipinski definition) is 3. The van der Waals surface area contributed by atoms with Crippen LogP contribution in [0.3, 0.4) is 0 Å². The second kappa shape index (κ2) is 25.4. The van der Waals surface area contributed by atoms with E-state index >= 15 is 0 Å². The molecule has 30 heavy (non-hydrogen) atoms. The molecule has 0 amide bonds. The van der Waals surface area contributed by atoms with Crippen LogP contribution in [-0.2, 0) is 0 Å². The van der Waals surface area contributed by atoms with Crippen LogP contribution in [-0.4, -0.2) is 30.7 Å². The minimum absolute atomic E-state index is 1.35. The molecule has 0 aromatic rings. The molecule has 0 aliphatic heterocycles. The quantitative estimate of drug-likeness (QED) is 0.183. The third kappa shape index (κ3) is 24.4. The van der Waals surface area contributed by atoms with Crippen molar-refractivity contribution in [2.24, 2.45) is 0 Å². The normalized spacial score (nSPS) is 11.6. The largest absolute Gasteiger partial charge is 0.357 e. The highest BCUT2D eigenvalue weighted by Gasteiger charge is 2.23. The van der Waals surface area contributed by atoms with Gasteiger partial charge in [0.2, 0.25) is 0 Å². The first kappa shape index (κ1) is 32.3. The fraction of sp³-hybridized carbons (Fsp3) is 1.00. The van der Waals surface area contributed by atoms with Crippen LogP contribution in [0.2, 0.25) is 0 Å². The van der Waals surface area contributed by atoms with E-state index in [-0.39, 0.29) is 0 Å². The Morgan fingerprint density at radius 3 is 0.933 bits per heavy atom. The predicted octanol–water partition coefficient (Wildman–Crippen LogP) is 4.95. The molecule has 0 spiro atoms. The van der Waals surface area contributed by atoms with E-state index in [0.717, 1.165) is 0 Å². The average molecular weight is 452 g/mol. The van der Waals surface area contributed by atoms with Crippen molar-refractivity contribution in [3.05, 3.63) is 0 Å². The molecule has 0 heterocycles. The lowest BCUT2D eigenvalue weighted by molar-refractivity contribution is -1.73. The Morgan fingerprint density at radius 2 is 0.667 bits per heavy atom. The van der Waals surface area contributed by atoms with E-state index in [0.29, 0.717) is 0 Å². The van der Waals surface area contributed by atoms with E-state index in [1.165, 1.54) is 140 Å². The smallest absolute Gasteiger partial charge is 0.0786 e. The van der Waals surface area contributed by atoms with E-state index in [1.54, 1.807) is 0 Å². The second-order valence-electron chi connectivity index (χ2n) is 9.02. The fourth-order valence-electron chi connectivity index (χ4n) is 4.74. The fourth-order valence-corrected chi connectivity index (χ4v) is 4.74. The van der Waals surface area contributed by atoms with Gasteiger partial charge in [-0.05, 0) is 32.1 Å². The van der Waals surface area contributed by atoms with Crippen molar-refractivity contribution in [2.75, 3.05) is 26.2 Å². The lowest BCUT2D eigenvalue weighted by Gasteiger charge is -2.38. The zero-order valence-electron chi connectivity index (χ0n) is 20.9. The number of nitrogens with zero attached hydrogens (tertiary/aromatic N) is 1. The van der Waals surface area contributed by atoms with Crippen LogP contribution in [0.4, 0.5) is 0 Å². The Hall–Kier alpha value is 0.130. The van der Waals surface area contributed by atoms with Gasteiger partial charge in [0.1, 0.15) is 0 Å². The topological polar surface area (TPSA) is 69.2 Å². The summed E-state index contributed by atoms with van der Waals surface area (Å²) in [4.78, 5) is 0. The maximum absolute atomic E-state index is 8.41. The summed E-state index contributed by atoms with van der Waals surface area (Å²) in [6.07, 6.45) is 24.6. The average Bonchev–Trinajstić information content (AvgIpc) is 2.68. The van der Waals surface area contributed by atoms with E-state index in [2.05, 4.69) is 27.7 Å². The predicted molar refractivity (Wildman–Crippen MR) is 121 cm³/mol.